The van der Waals surface area contributed by atoms with Gasteiger partial charge in [-0.2, -0.15) is 0 Å². The van der Waals surface area contributed by atoms with Crippen LogP contribution in [0.3, 0.4) is 0 Å². The molecule has 2 atom stereocenters. The molecule has 3 rings (SSSR count). The maximum Gasteiger partial charge on any atom is 0.0826 e. The smallest absolute Gasteiger partial charge is 0.0826 e. The predicted molar refractivity (Wildman–Crippen MR) is 79.8 cm³/mol. The lowest BCUT2D eigenvalue weighted by Gasteiger charge is -2.36. The summed E-state index contributed by atoms with van der Waals surface area (Å²) in [6, 6.07) is 9.37. The topological polar surface area (TPSA) is 24.5 Å². The van der Waals surface area contributed by atoms with Crippen LogP contribution in [0.25, 0.3) is 0 Å². The van der Waals surface area contributed by atoms with Gasteiger partial charge in [-0.15, -0.1) is 11.8 Å². The summed E-state index contributed by atoms with van der Waals surface area (Å²) in [5, 5.41) is 3.41. The van der Waals surface area contributed by atoms with Crippen molar-refractivity contribution in [3.63, 3.8) is 0 Å². The predicted octanol–water partition coefficient (Wildman–Crippen LogP) is 2.14. The summed E-state index contributed by atoms with van der Waals surface area (Å²) in [6.45, 7) is 3.82. The molecule has 0 spiro atoms. The van der Waals surface area contributed by atoms with Crippen LogP contribution in [-0.4, -0.2) is 50.0 Å². The van der Waals surface area contributed by atoms with Crippen molar-refractivity contribution in [3.05, 3.63) is 29.8 Å². The average Bonchev–Trinajstić information content (AvgIpc) is 2.47. The normalized spacial score (nSPS) is 27.3. The Morgan fingerprint density at radius 3 is 3.16 bits per heavy atom. The van der Waals surface area contributed by atoms with Gasteiger partial charge in [0.25, 0.3) is 0 Å². The van der Waals surface area contributed by atoms with E-state index >= 15 is 0 Å². The number of fused-ring (bicyclic) bond motifs is 1. The van der Waals surface area contributed by atoms with Gasteiger partial charge in [0.2, 0.25) is 0 Å². The summed E-state index contributed by atoms with van der Waals surface area (Å²) in [5.74, 6) is 1.22. The Morgan fingerprint density at radius 1 is 1.42 bits per heavy atom. The molecule has 0 aromatic heterocycles. The second-order valence-electron chi connectivity index (χ2n) is 5.33. The molecule has 0 radical (unpaired) electrons. The van der Waals surface area contributed by atoms with Crippen molar-refractivity contribution in [1.29, 1.82) is 0 Å². The molecule has 2 heterocycles. The van der Waals surface area contributed by atoms with Crippen molar-refractivity contribution in [2.45, 2.75) is 23.5 Å². The van der Waals surface area contributed by atoms with Crippen LogP contribution in [0.4, 0.5) is 0 Å². The standard InChI is InChI=1S/C15H22N2OS/c1-17(11-12-10-16-7-8-18-12)14-6-9-19-15-5-3-2-4-13(14)15/h2-5,12,14,16H,6-11H2,1H3. The fourth-order valence-corrected chi connectivity index (χ4v) is 4.07. The summed E-state index contributed by atoms with van der Waals surface area (Å²) in [4.78, 5) is 3.92. The fraction of sp³-hybridized carbons (Fsp3) is 0.600. The Balaban J connectivity index is 1.68. The molecule has 3 nitrogen and oxygen atoms in total. The van der Waals surface area contributed by atoms with E-state index < -0.39 is 0 Å². The van der Waals surface area contributed by atoms with E-state index in [-0.39, 0.29) is 0 Å². The highest BCUT2D eigenvalue weighted by Crippen LogP contribution is 2.38. The highest BCUT2D eigenvalue weighted by atomic mass is 32.2. The van der Waals surface area contributed by atoms with Crippen molar-refractivity contribution in [2.75, 3.05) is 39.0 Å². The van der Waals surface area contributed by atoms with E-state index in [0.29, 0.717) is 12.1 Å². The van der Waals surface area contributed by atoms with Gasteiger partial charge in [-0.25, -0.2) is 0 Å². The largest absolute Gasteiger partial charge is 0.374 e. The lowest BCUT2D eigenvalue weighted by Crippen LogP contribution is -2.45. The summed E-state index contributed by atoms with van der Waals surface area (Å²) < 4.78 is 5.82. The van der Waals surface area contributed by atoms with Crippen molar-refractivity contribution >= 4 is 11.8 Å². The van der Waals surface area contributed by atoms with E-state index in [9.17, 15) is 0 Å². The number of nitrogens with one attached hydrogen (secondary N) is 1. The van der Waals surface area contributed by atoms with Gasteiger partial charge >= 0.3 is 0 Å². The molecule has 0 saturated carbocycles. The molecule has 0 bridgehead atoms. The van der Waals surface area contributed by atoms with Crippen LogP contribution in [0, 0.1) is 0 Å². The van der Waals surface area contributed by atoms with Crippen LogP contribution < -0.4 is 5.32 Å². The van der Waals surface area contributed by atoms with Gasteiger partial charge in [0.05, 0.1) is 12.7 Å². The van der Waals surface area contributed by atoms with E-state index in [1.165, 1.54) is 22.6 Å². The third-order valence-electron chi connectivity index (χ3n) is 3.95. The summed E-state index contributed by atoms with van der Waals surface area (Å²) >= 11 is 1.99. The number of rotatable bonds is 3. The molecule has 19 heavy (non-hydrogen) atoms. The summed E-state index contributed by atoms with van der Waals surface area (Å²) in [6.07, 6.45) is 1.57. The second kappa shape index (κ2) is 6.27. The zero-order chi connectivity index (χ0) is 13.1. The summed E-state index contributed by atoms with van der Waals surface area (Å²) in [5.41, 5.74) is 1.49. The monoisotopic (exact) mass is 278 g/mol. The molecule has 104 valence electrons. The van der Waals surface area contributed by atoms with Crippen LogP contribution in [0.1, 0.15) is 18.0 Å². The Hall–Kier alpha value is -0.550. The molecule has 0 amide bonds. The first-order valence-electron chi connectivity index (χ1n) is 7.09. The highest BCUT2D eigenvalue weighted by molar-refractivity contribution is 7.99. The molecule has 1 fully saturated rings. The Labute approximate surface area is 119 Å². The number of morpholine rings is 1. The number of nitrogens with zero attached hydrogens (tertiary/aromatic N) is 1. The van der Waals surface area contributed by atoms with Crippen LogP contribution >= 0.6 is 11.8 Å². The molecular weight excluding hydrogens is 256 g/mol. The molecule has 2 aliphatic heterocycles. The van der Waals surface area contributed by atoms with E-state index in [1.807, 2.05) is 11.8 Å². The van der Waals surface area contributed by atoms with Gasteiger partial charge in [0.15, 0.2) is 0 Å². The van der Waals surface area contributed by atoms with Crippen LogP contribution in [0.2, 0.25) is 0 Å². The first kappa shape index (κ1) is 13.4. The molecule has 0 aliphatic carbocycles. The van der Waals surface area contributed by atoms with E-state index in [2.05, 4.69) is 41.5 Å². The minimum atomic E-state index is 0.334. The van der Waals surface area contributed by atoms with Gasteiger partial charge < -0.3 is 10.1 Å². The Bertz CT molecular complexity index is 420. The first-order chi connectivity index (χ1) is 9.34. The quantitative estimate of drug-likeness (QED) is 0.915. The number of hydrogen-bond donors (Lipinski definition) is 1. The second-order valence-corrected chi connectivity index (χ2v) is 6.46. The van der Waals surface area contributed by atoms with Crippen molar-refractivity contribution < 1.29 is 4.74 Å². The highest BCUT2D eigenvalue weighted by Gasteiger charge is 2.26. The Kier molecular flexibility index (Phi) is 4.43. The van der Waals surface area contributed by atoms with Gasteiger partial charge in [0.1, 0.15) is 0 Å². The lowest BCUT2D eigenvalue weighted by molar-refractivity contribution is 0.00203. The average molecular weight is 278 g/mol. The SMILES string of the molecule is CN(CC1CNCCO1)C1CCSc2ccccc21. The minimum absolute atomic E-state index is 0.334. The number of likely N-dealkylation sites (N-methyl/N-ethyl adjacent to an activating group) is 1. The maximum absolute atomic E-state index is 5.82. The van der Waals surface area contributed by atoms with Gasteiger partial charge in [-0.1, -0.05) is 18.2 Å². The molecule has 1 aromatic carbocycles. The van der Waals surface area contributed by atoms with Gasteiger partial charge in [0, 0.05) is 30.6 Å². The van der Waals surface area contributed by atoms with E-state index in [1.54, 1.807) is 0 Å². The maximum atomic E-state index is 5.82. The van der Waals surface area contributed by atoms with Crippen molar-refractivity contribution in [3.8, 4) is 0 Å². The van der Waals surface area contributed by atoms with Gasteiger partial charge in [-0.3, -0.25) is 4.90 Å². The van der Waals surface area contributed by atoms with Crippen molar-refractivity contribution in [2.24, 2.45) is 0 Å². The molecule has 2 aliphatic rings. The third-order valence-corrected chi connectivity index (χ3v) is 5.08. The lowest BCUT2D eigenvalue weighted by atomic mass is 10.0. The van der Waals surface area contributed by atoms with Crippen molar-refractivity contribution in [1.82, 2.24) is 10.2 Å². The van der Waals surface area contributed by atoms with E-state index in [0.717, 1.165) is 26.2 Å². The molecule has 4 heteroatoms. The van der Waals surface area contributed by atoms with E-state index in [4.69, 9.17) is 4.74 Å². The molecule has 1 saturated heterocycles. The molecule has 2 unspecified atom stereocenters. The van der Waals surface area contributed by atoms with Gasteiger partial charge in [-0.05, 0) is 30.9 Å². The molecule has 1 N–H and O–H groups in total. The first-order valence-corrected chi connectivity index (χ1v) is 8.07. The van der Waals surface area contributed by atoms with Crippen LogP contribution in [0.15, 0.2) is 29.2 Å². The van der Waals surface area contributed by atoms with Crippen LogP contribution in [0.5, 0.6) is 0 Å². The number of hydrogen-bond acceptors (Lipinski definition) is 4. The number of thioether (sulfide) groups is 1. The van der Waals surface area contributed by atoms with Crippen LogP contribution in [-0.2, 0) is 4.74 Å². The number of ether oxygens (including phenoxy) is 1. The molecular formula is C15H22N2OS. The molecule has 1 aromatic rings. The third kappa shape index (κ3) is 3.14. The fourth-order valence-electron chi connectivity index (χ4n) is 2.97. The zero-order valence-corrected chi connectivity index (χ0v) is 12.3. The summed E-state index contributed by atoms with van der Waals surface area (Å²) in [7, 11) is 2.23. The number of benzene rings is 1. The minimum Gasteiger partial charge on any atom is -0.374 e. The Morgan fingerprint density at radius 2 is 2.32 bits per heavy atom. The zero-order valence-electron chi connectivity index (χ0n) is 11.5.